The Morgan fingerprint density at radius 1 is 0.882 bits per heavy atom. The fourth-order valence-corrected chi connectivity index (χ4v) is 3.75. The molecule has 0 aromatic rings. The van der Waals surface area contributed by atoms with Gasteiger partial charge in [0.2, 0.25) is 0 Å². The molecule has 98 valence electrons. The average Bonchev–Trinajstić information content (AvgIpc) is 3.11. The highest BCUT2D eigenvalue weighted by Crippen LogP contribution is 2.32. The van der Waals surface area contributed by atoms with E-state index in [1.165, 1.54) is 64.8 Å². The van der Waals surface area contributed by atoms with Gasteiger partial charge in [0.05, 0.1) is 0 Å². The molecule has 3 aliphatic rings. The number of hydrogen-bond acceptors (Lipinski definition) is 3. The molecular formula is C14H27N3. The summed E-state index contributed by atoms with van der Waals surface area (Å²) in [4.78, 5) is 5.39. The monoisotopic (exact) mass is 237 g/mol. The van der Waals surface area contributed by atoms with Crippen LogP contribution in [0.3, 0.4) is 0 Å². The van der Waals surface area contributed by atoms with Crippen LogP contribution >= 0.6 is 0 Å². The highest BCUT2D eigenvalue weighted by molar-refractivity contribution is 4.88. The molecule has 3 rings (SSSR count). The Hall–Kier alpha value is -0.120. The topological polar surface area (TPSA) is 32.5 Å². The van der Waals surface area contributed by atoms with E-state index in [2.05, 4.69) is 9.80 Å². The van der Waals surface area contributed by atoms with Crippen LogP contribution in [0.2, 0.25) is 0 Å². The maximum atomic E-state index is 5.87. The number of hydrogen-bond donors (Lipinski definition) is 1. The molecule has 2 aliphatic carbocycles. The second kappa shape index (κ2) is 5.25. The molecule has 2 unspecified atom stereocenters. The van der Waals surface area contributed by atoms with E-state index in [0.29, 0.717) is 0 Å². The van der Waals surface area contributed by atoms with Gasteiger partial charge in [-0.25, -0.2) is 0 Å². The summed E-state index contributed by atoms with van der Waals surface area (Å²) >= 11 is 0. The predicted molar refractivity (Wildman–Crippen MR) is 70.9 cm³/mol. The lowest BCUT2D eigenvalue weighted by atomic mass is 9.95. The Bertz CT molecular complexity index is 244. The third-order valence-electron chi connectivity index (χ3n) is 5.08. The zero-order valence-electron chi connectivity index (χ0n) is 11.0. The molecule has 0 spiro atoms. The van der Waals surface area contributed by atoms with Crippen molar-refractivity contribution in [1.82, 2.24) is 9.80 Å². The van der Waals surface area contributed by atoms with E-state index in [-0.39, 0.29) is 0 Å². The first-order chi connectivity index (χ1) is 8.36. The summed E-state index contributed by atoms with van der Waals surface area (Å²) < 4.78 is 0. The third kappa shape index (κ3) is 2.83. The zero-order chi connectivity index (χ0) is 11.7. The molecule has 2 atom stereocenters. The van der Waals surface area contributed by atoms with Crippen LogP contribution in [0.1, 0.15) is 32.1 Å². The van der Waals surface area contributed by atoms with Crippen LogP contribution in [0.15, 0.2) is 0 Å². The standard InChI is InChI=1S/C14H27N3/c15-10-12-2-1-3-13(12)11-16-6-8-17(9-7-16)14-4-5-14/h12-14H,1-11,15H2. The second-order valence-corrected chi connectivity index (χ2v) is 6.25. The van der Waals surface area contributed by atoms with Crippen molar-refractivity contribution in [3.8, 4) is 0 Å². The van der Waals surface area contributed by atoms with Gasteiger partial charge in [-0.2, -0.15) is 0 Å². The summed E-state index contributed by atoms with van der Waals surface area (Å²) in [6, 6.07) is 0.959. The van der Waals surface area contributed by atoms with Crippen LogP contribution < -0.4 is 5.73 Å². The van der Waals surface area contributed by atoms with Crippen molar-refractivity contribution in [3.05, 3.63) is 0 Å². The van der Waals surface area contributed by atoms with Crippen molar-refractivity contribution in [2.24, 2.45) is 17.6 Å². The molecule has 3 fully saturated rings. The lowest BCUT2D eigenvalue weighted by Gasteiger charge is -2.36. The summed E-state index contributed by atoms with van der Waals surface area (Å²) in [5.41, 5.74) is 5.87. The molecule has 0 aromatic carbocycles. The predicted octanol–water partition coefficient (Wildman–Crippen LogP) is 1.14. The van der Waals surface area contributed by atoms with E-state index in [4.69, 9.17) is 5.73 Å². The maximum absolute atomic E-state index is 5.87. The van der Waals surface area contributed by atoms with E-state index in [0.717, 1.165) is 24.4 Å². The van der Waals surface area contributed by atoms with Gasteiger partial charge in [0.1, 0.15) is 0 Å². The first-order valence-corrected chi connectivity index (χ1v) is 7.53. The molecule has 3 nitrogen and oxygen atoms in total. The Morgan fingerprint density at radius 2 is 1.59 bits per heavy atom. The van der Waals surface area contributed by atoms with Crippen molar-refractivity contribution in [2.45, 2.75) is 38.1 Å². The lowest BCUT2D eigenvalue weighted by molar-refractivity contribution is 0.106. The van der Waals surface area contributed by atoms with E-state index in [1.807, 2.05) is 0 Å². The van der Waals surface area contributed by atoms with E-state index >= 15 is 0 Å². The molecule has 1 aliphatic heterocycles. The quantitative estimate of drug-likeness (QED) is 0.796. The summed E-state index contributed by atoms with van der Waals surface area (Å²) in [5, 5.41) is 0. The minimum Gasteiger partial charge on any atom is -0.330 e. The Balaban J connectivity index is 1.43. The molecule has 3 heteroatoms. The van der Waals surface area contributed by atoms with Crippen LogP contribution in [-0.4, -0.2) is 55.1 Å². The molecule has 0 amide bonds. The molecule has 17 heavy (non-hydrogen) atoms. The van der Waals surface area contributed by atoms with Crippen LogP contribution in [0.4, 0.5) is 0 Å². The lowest BCUT2D eigenvalue weighted by Crippen LogP contribution is -2.48. The number of nitrogens with zero attached hydrogens (tertiary/aromatic N) is 2. The fourth-order valence-electron chi connectivity index (χ4n) is 3.75. The molecule has 1 heterocycles. The molecule has 0 bridgehead atoms. The maximum Gasteiger partial charge on any atom is 0.0113 e. The Morgan fingerprint density at radius 3 is 2.24 bits per heavy atom. The molecule has 2 N–H and O–H groups in total. The van der Waals surface area contributed by atoms with Gasteiger partial charge in [0.15, 0.2) is 0 Å². The van der Waals surface area contributed by atoms with Gasteiger partial charge < -0.3 is 10.6 Å². The largest absolute Gasteiger partial charge is 0.330 e. The van der Waals surface area contributed by atoms with E-state index in [9.17, 15) is 0 Å². The van der Waals surface area contributed by atoms with Gasteiger partial charge in [-0.3, -0.25) is 4.90 Å². The molecule has 2 saturated carbocycles. The van der Waals surface area contributed by atoms with Crippen molar-refractivity contribution in [3.63, 3.8) is 0 Å². The second-order valence-electron chi connectivity index (χ2n) is 6.25. The van der Waals surface area contributed by atoms with Crippen molar-refractivity contribution < 1.29 is 0 Å². The van der Waals surface area contributed by atoms with Gasteiger partial charge in [-0.15, -0.1) is 0 Å². The van der Waals surface area contributed by atoms with Gasteiger partial charge in [0.25, 0.3) is 0 Å². The summed E-state index contributed by atoms with van der Waals surface area (Å²) in [7, 11) is 0. The third-order valence-corrected chi connectivity index (χ3v) is 5.08. The molecule has 0 radical (unpaired) electrons. The van der Waals surface area contributed by atoms with Crippen LogP contribution in [0.25, 0.3) is 0 Å². The Kier molecular flexibility index (Phi) is 3.69. The molecule has 0 aromatic heterocycles. The van der Waals surface area contributed by atoms with Gasteiger partial charge in [0, 0.05) is 38.8 Å². The van der Waals surface area contributed by atoms with Crippen molar-refractivity contribution in [2.75, 3.05) is 39.3 Å². The first kappa shape index (κ1) is 11.9. The van der Waals surface area contributed by atoms with Crippen LogP contribution in [-0.2, 0) is 0 Å². The smallest absolute Gasteiger partial charge is 0.0113 e. The minimum absolute atomic E-state index is 0.816. The number of nitrogens with two attached hydrogens (primary N) is 1. The average molecular weight is 237 g/mol. The highest BCUT2D eigenvalue weighted by Gasteiger charge is 2.33. The SMILES string of the molecule is NCC1CCCC1CN1CCN(C2CC2)CC1. The first-order valence-electron chi connectivity index (χ1n) is 7.53. The summed E-state index contributed by atoms with van der Waals surface area (Å²) in [6.07, 6.45) is 7.12. The van der Waals surface area contributed by atoms with Crippen molar-refractivity contribution >= 4 is 0 Å². The fraction of sp³-hybridized carbons (Fsp3) is 1.00. The Labute approximate surface area is 105 Å². The normalized spacial score (nSPS) is 36.5. The summed E-state index contributed by atoms with van der Waals surface area (Å²) in [5.74, 6) is 1.71. The van der Waals surface area contributed by atoms with Gasteiger partial charge in [-0.1, -0.05) is 6.42 Å². The minimum atomic E-state index is 0.816. The van der Waals surface area contributed by atoms with Crippen LogP contribution in [0.5, 0.6) is 0 Å². The van der Waals surface area contributed by atoms with Crippen molar-refractivity contribution in [1.29, 1.82) is 0 Å². The van der Waals surface area contributed by atoms with E-state index < -0.39 is 0 Å². The number of piperazine rings is 1. The molecular weight excluding hydrogens is 210 g/mol. The van der Waals surface area contributed by atoms with Gasteiger partial charge in [-0.05, 0) is 44.1 Å². The zero-order valence-corrected chi connectivity index (χ0v) is 11.0. The number of rotatable bonds is 4. The van der Waals surface area contributed by atoms with Crippen LogP contribution in [0, 0.1) is 11.8 Å². The summed E-state index contributed by atoms with van der Waals surface area (Å²) in [6.45, 7) is 7.44. The molecule has 1 saturated heterocycles. The van der Waals surface area contributed by atoms with E-state index in [1.54, 1.807) is 0 Å². The highest BCUT2D eigenvalue weighted by atomic mass is 15.3. The van der Waals surface area contributed by atoms with Gasteiger partial charge >= 0.3 is 0 Å².